The van der Waals surface area contributed by atoms with E-state index in [0.717, 1.165) is 50.1 Å². The van der Waals surface area contributed by atoms with Gasteiger partial charge in [0.25, 0.3) is 0 Å². The van der Waals surface area contributed by atoms with E-state index in [2.05, 4.69) is 266 Å². The van der Waals surface area contributed by atoms with Gasteiger partial charge in [-0.25, -0.2) is 0 Å². The van der Waals surface area contributed by atoms with E-state index in [1.54, 1.807) is 0 Å². The predicted molar refractivity (Wildman–Crippen MR) is 286 cm³/mol. The van der Waals surface area contributed by atoms with Crippen LogP contribution in [0.5, 0.6) is 0 Å². The Bertz CT molecular complexity index is 3700. The number of hydrogen-bond donors (Lipinski definition) is 0. The van der Waals surface area contributed by atoms with Crippen LogP contribution in [0.15, 0.2) is 277 Å². The fourth-order valence-electron chi connectivity index (χ4n) is 9.54. The molecule has 0 bridgehead atoms. The Balaban J connectivity index is 0.872. The molecule has 0 spiro atoms. The van der Waals surface area contributed by atoms with Crippen molar-refractivity contribution in [2.75, 3.05) is 4.90 Å². The molecular formula is C66H45NO. The zero-order valence-electron chi connectivity index (χ0n) is 37.3. The molecule has 0 aliphatic heterocycles. The number of fused-ring (bicyclic) bond motifs is 3. The van der Waals surface area contributed by atoms with Gasteiger partial charge >= 0.3 is 0 Å². The zero-order valence-corrected chi connectivity index (χ0v) is 37.3. The first-order valence-corrected chi connectivity index (χ1v) is 23.2. The predicted octanol–water partition coefficient (Wildman–Crippen LogP) is 18.7. The second-order valence-corrected chi connectivity index (χ2v) is 17.3. The normalized spacial score (nSPS) is 11.2. The van der Waals surface area contributed by atoms with Crippen LogP contribution in [0.25, 0.3) is 99.8 Å². The molecule has 0 N–H and O–H groups in total. The first kappa shape index (κ1) is 40.5. The van der Waals surface area contributed by atoms with Crippen LogP contribution in [0.1, 0.15) is 0 Å². The molecule has 1 aromatic heterocycles. The fourth-order valence-corrected chi connectivity index (χ4v) is 9.54. The Morgan fingerprint density at radius 1 is 0.191 bits per heavy atom. The summed E-state index contributed by atoms with van der Waals surface area (Å²) in [6.45, 7) is 0. The number of hydrogen-bond acceptors (Lipinski definition) is 2. The highest BCUT2D eigenvalue weighted by Crippen LogP contribution is 2.40. The van der Waals surface area contributed by atoms with Gasteiger partial charge in [-0.1, -0.05) is 194 Å². The van der Waals surface area contributed by atoms with Gasteiger partial charge in [0.2, 0.25) is 0 Å². The van der Waals surface area contributed by atoms with E-state index in [0.29, 0.717) is 0 Å². The van der Waals surface area contributed by atoms with E-state index in [1.807, 2.05) is 12.1 Å². The molecule has 0 amide bonds. The molecule has 0 aliphatic carbocycles. The number of rotatable bonds is 10. The molecule has 2 heteroatoms. The molecule has 0 radical (unpaired) electrons. The van der Waals surface area contributed by atoms with Crippen LogP contribution in [0.4, 0.5) is 17.1 Å². The minimum absolute atomic E-state index is 0.905. The van der Waals surface area contributed by atoms with Crippen molar-refractivity contribution in [1.82, 2.24) is 0 Å². The van der Waals surface area contributed by atoms with Crippen molar-refractivity contribution in [2.45, 2.75) is 0 Å². The largest absolute Gasteiger partial charge is 0.456 e. The number of anilines is 3. The monoisotopic (exact) mass is 867 g/mol. The maximum absolute atomic E-state index is 6.13. The van der Waals surface area contributed by atoms with Gasteiger partial charge in [-0.05, 0) is 157 Å². The Morgan fingerprint density at radius 2 is 0.471 bits per heavy atom. The molecule has 0 unspecified atom stereocenters. The summed E-state index contributed by atoms with van der Waals surface area (Å²) in [4.78, 5) is 2.35. The third kappa shape index (κ3) is 8.06. The summed E-state index contributed by atoms with van der Waals surface area (Å²) < 4.78 is 6.13. The minimum Gasteiger partial charge on any atom is -0.456 e. The molecule has 0 saturated heterocycles. The van der Waals surface area contributed by atoms with Crippen molar-refractivity contribution in [1.29, 1.82) is 0 Å². The molecule has 0 aliphatic rings. The zero-order chi connectivity index (χ0) is 45.2. The van der Waals surface area contributed by atoms with Crippen LogP contribution in [0.3, 0.4) is 0 Å². The molecule has 1 heterocycles. The number of furan rings is 1. The van der Waals surface area contributed by atoms with Gasteiger partial charge in [0, 0.05) is 27.8 Å². The van der Waals surface area contributed by atoms with E-state index in [9.17, 15) is 0 Å². The van der Waals surface area contributed by atoms with Crippen LogP contribution in [0.2, 0.25) is 0 Å². The highest BCUT2D eigenvalue weighted by atomic mass is 16.3. The van der Waals surface area contributed by atoms with E-state index >= 15 is 0 Å². The molecule has 12 rings (SSSR count). The molecule has 11 aromatic carbocycles. The molecular weight excluding hydrogens is 823 g/mol. The Labute approximate surface area is 397 Å². The first-order chi connectivity index (χ1) is 33.7. The summed E-state index contributed by atoms with van der Waals surface area (Å²) in [5.74, 6) is 0. The maximum Gasteiger partial charge on any atom is 0.135 e. The number of nitrogens with zero attached hydrogens (tertiary/aromatic N) is 1. The van der Waals surface area contributed by atoms with E-state index in [1.165, 1.54) is 66.8 Å². The third-order valence-electron chi connectivity index (χ3n) is 13.1. The van der Waals surface area contributed by atoms with Gasteiger partial charge in [0.05, 0.1) is 0 Å². The molecule has 0 fully saturated rings. The average Bonchev–Trinajstić information content (AvgIpc) is 3.80. The van der Waals surface area contributed by atoms with Crippen LogP contribution >= 0.6 is 0 Å². The van der Waals surface area contributed by atoms with E-state index in [-0.39, 0.29) is 0 Å². The second-order valence-electron chi connectivity index (χ2n) is 17.3. The summed E-state index contributed by atoms with van der Waals surface area (Å²) >= 11 is 0. The van der Waals surface area contributed by atoms with Gasteiger partial charge in [-0.3, -0.25) is 0 Å². The second kappa shape index (κ2) is 17.8. The number of benzene rings is 11. The Hall–Kier alpha value is -8.98. The molecule has 0 atom stereocenters. The lowest BCUT2D eigenvalue weighted by atomic mass is 9.96. The summed E-state index contributed by atoms with van der Waals surface area (Å²) in [6, 6.07) is 98.1. The topological polar surface area (TPSA) is 16.4 Å². The molecule has 12 aromatic rings. The summed E-state index contributed by atoms with van der Waals surface area (Å²) in [6.07, 6.45) is 0. The maximum atomic E-state index is 6.13. The molecule has 320 valence electrons. The van der Waals surface area contributed by atoms with Crippen LogP contribution in [0, 0.1) is 0 Å². The van der Waals surface area contributed by atoms with Gasteiger partial charge in [-0.2, -0.15) is 0 Å². The van der Waals surface area contributed by atoms with Crippen molar-refractivity contribution in [3.63, 3.8) is 0 Å². The highest BCUT2D eigenvalue weighted by molar-refractivity contribution is 6.06. The van der Waals surface area contributed by atoms with Crippen molar-refractivity contribution < 1.29 is 4.42 Å². The fraction of sp³-hybridized carbons (Fsp3) is 0. The Kier molecular flexibility index (Phi) is 10.6. The van der Waals surface area contributed by atoms with Crippen molar-refractivity contribution in [3.05, 3.63) is 273 Å². The lowest BCUT2D eigenvalue weighted by molar-refractivity contribution is 0.669. The molecule has 0 saturated carbocycles. The standard InChI is InChI=1S/C66H45NO/c1-3-13-46(14-4-1)51-17-9-19-53(41-51)48-27-34-60(35-28-48)67(61-36-29-49(30-37-61)54-20-11-23-57(43-54)56-22-10-18-52(42-56)47-15-5-2-6-16-47)62-38-31-50(32-39-62)55-21-12-24-58(44-55)59-33-40-66-64(45-59)63-25-7-8-26-65(63)68-66/h1-45H. The minimum atomic E-state index is 0.905. The first-order valence-electron chi connectivity index (χ1n) is 23.2. The van der Waals surface area contributed by atoms with Crippen LogP contribution in [-0.2, 0) is 0 Å². The molecule has 68 heavy (non-hydrogen) atoms. The average molecular weight is 868 g/mol. The van der Waals surface area contributed by atoms with Gasteiger partial charge < -0.3 is 9.32 Å². The lowest BCUT2D eigenvalue weighted by Gasteiger charge is -2.26. The summed E-state index contributed by atoms with van der Waals surface area (Å²) in [5.41, 5.74) is 21.7. The number of para-hydroxylation sites is 1. The summed E-state index contributed by atoms with van der Waals surface area (Å²) in [5, 5.41) is 2.27. The van der Waals surface area contributed by atoms with Crippen molar-refractivity contribution in [2.24, 2.45) is 0 Å². The SMILES string of the molecule is c1ccc(-c2cccc(-c3ccc(N(c4ccc(-c5cccc(-c6cccc(-c7ccccc7)c6)c5)cc4)c4ccc(-c5cccc(-c6ccc7oc8ccccc8c7c6)c5)cc4)cc3)c2)cc1. The van der Waals surface area contributed by atoms with E-state index in [4.69, 9.17) is 4.42 Å². The van der Waals surface area contributed by atoms with Crippen LogP contribution < -0.4 is 4.90 Å². The van der Waals surface area contributed by atoms with E-state index < -0.39 is 0 Å². The smallest absolute Gasteiger partial charge is 0.135 e. The van der Waals surface area contributed by atoms with Gasteiger partial charge in [-0.15, -0.1) is 0 Å². The van der Waals surface area contributed by atoms with Crippen LogP contribution in [-0.4, -0.2) is 0 Å². The quantitative estimate of drug-likeness (QED) is 0.136. The molecule has 2 nitrogen and oxygen atoms in total. The van der Waals surface area contributed by atoms with Gasteiger partial charge in [0.15, 0.2) is 0 Å². The van der Waals surface area contributed by atoms with Crippen molar-refractivity contribution >= 4 is 39.0 Å². The third-order valence-corrected chi connectivity index (χ3v) is 13.1. The summed E-state index contributed by atoms with van der Waals surface area (Å²) in [7, 11) is 0. The van der Waals surface area contributed by atoms with Gasteiger partial charge in [0.1, 0.15) is 11.2 Å². The highest BCUT2D eigenvalue weighted by Gasteiger charge is 2.16. The Morgan fingerprint density at radius 3 is 0.868 bits per heavy atom. The lowest BCUT2D eigenvalue weighted by Crippen LogP contribution is -2.09. The van der Waals surface area contributed by atoms with Crippen molar-refractivity contribution in [3.8, 4) is 77.9 Å².